The number of rotatable bonds is 5. The van der Waals surface area contributed by atoms with Crippen molar-refractivity contribution in [3.63, 3.8) is 0 Å². The largest absolute Gasteiger partial charge is 0.385 e. The number of hydrogen-bond acceptors (Lipinski definition) is 8. The number of morpholine rings is 1. The van der Waals surface area contributed by atoms with Gasteiger partial charge in [0.25, 0.3) is 0 Å². The summed E-state index contributed by atoms with van der Waals surface area (Å²) in [7, 11) is 1.70. The molecule has 2 atom stereocenters. The second-order valence-corrected chi connectivity index (χ2v) is 7.55. The Hall–Kier alpha value is -2.29. The Balaban J connectivity index is 1.83. The Morgan fingerprint density at radius 1 is 1.36 bits per heavy atom. The van der Waals surface area contributed by atoms with Gasteiger partial charge in [0.1, 0.15) is 17.2 Å². The third kappa shape index (κ3) is 3.43. The zero-order chi connectivity index (χ0) is 19.7. The summed E-state index contributed by atoms with van der Waals surface area (Å²) < 4.78 is 17.1. The van der Waals surface area contributed by atoms with Gasteiger partial charge in [-0.15, -0.1) is 0 Å². The summed E-state index contributed by atoms with van der Waals surface area (Å²) in [5.74, 6) is 2.03. The summed E-state index contributed by atoms with van der Waals surface area (Å²) in [6.07, 6.45) is 2.44. The van der Waals surface area contributed by atoms with E-state index in [0.717, 1.165) is 35.6 Å². The minimum atomic E-state index is -0.505. The Labute approximate surface area is 165 Å². The second kappa shape index (κ2) is 7.62. The monoisotopic (exact) mass is 385 g/mol. The molecule has 0 aromatic carbocycles. The maximum absolute atomic E-state index is 6.21. The van der Waals surface area contributed by atoms with Crippen LogP contribution in [0.25, 0.3) is 11.4 Å². The average molecular weight is 385 g/mol. The molecule has 2 N–H and O–H groups in total. The summed E-state index contributed by atoms with van der Waals surface area (Å²) >= 11 is 0. The molecule has 8 heteroatoms. The third-order valence-corrected chi connectivity index (χ3v) is 5.49. The van der Waals surface area contributed by atoms with Crippen LogP contribution in [-0.4, -0.2) is 54.5 Å². The van der Waals surface area contributed by atoms with Crippen molar-refractivity contribution in [3.05, 3.63) is 29.6 Å². The second-order valence-electron chi connectivity index (χ2n) is 7.55. The normalized spacial score (nSPS) is 24.4. The van der Waals surface area contributed by atoms with E-state index in [1.54, 1.807) is 19.4 Å². The molecule has 2 aromatic rings. The fourth-order valence-electron chi connectivity index (χ4n) is 3.78. The first-order chi connectivity index (χ1) is 13.5. The molecule has 0 amide bonds. The molecule has 8 nitrogen and oxygen atoms in total. The standard InChI is InChI=1S/C20H27N5O3/c1-13-11-27-9-7-25(13)19-15-12-28-20(2,6-8-26-3)17(15)23-18(24-19)14-4-5-16(21)22-10-14/h4-5,10,13H,6-9,11-12H2,1-3H3,(H2,21,22)/t13-,20-/m0/s1. The topological polar surface area (TPSA) is 95.6 Å². The SMILES string of the molecule is COCC[C@]1(C)OCc2c(N3CCOC[C@@H]3C)nc(-c3ccc(N)nc3)nc21. The fourth-order valence-corrected chi connectivity index (χ4v) is 3.78. The van der Waals surface area contributed by atoms with Crippen LogP contribution in [0.1, 0.15) is 31.5 Å². The number of hydrogen-bond donors (Lipinski definition) is 1. The molecule has 2 aromatic heterocycles. The van der Waals surface area contributed by atoms with Crippen LogP contribution in [0.15, 0.2) is 18.3 Å². The van der Waals surface area contributed by atoms with Crippen molar-refractivity contribution in [2.75, 3.05) is 44.1 Å². The highest BCUT2D eigenvalue weighted by molar-refractivity contribution is 5.62. The van der Waals surface area contributed by atoms with E-state index in [2.05, 4.69) is 23.7 Å². The zero-order valence-corrected chi connectivity index (χ0v) is 16.6. The molecule has 1 saturated heterocycles. The van der Waals surface area contributed by atoms with Crippen molar-refractivity contribution in [2.24, 2.45) is 0 Å². The van der Waals surface area contributed by atoms with Crippen LogP contribution in [0.2, 0.25) is 0 Å². The molecule has 2 aliphatic rings. The number of aromatic nitrogens is 3. The number of nitrogens with zero attached hydrogens (tertiary/aromatic N) is 4. The van der Waals surface area contributed by atoms with Crippen LogP contribution in [0.5, 0.6) is 0 Å². The molecule has 0 spiro atoms. The van der Waals surface area contributed by atoms with Gasteiger partial charge in [0, 0.05) is 44.0 Å². The number of nitrogen functional groups attached to an aromatic ring is 1. The first kappa shape index (κ1) is 19.0. The average Bonchev–Trinajstić information content (AvgIpc) is 3.04. The summed E-state index contributed by atoms with van der Waals surface area (Å²) in [6, 6.07) is 3.90. The van der Waals surface area contributed by atoms with Crippen molar-refractivity contribution in [1.29, 1.82) is 0 Å². The van der Waals surface area contributed by atoms with Gasteiger partial charge in [-0.25, -0.2) is 15.0 Å². The molecule has 0 saturated carbocycles. The molecule has 0 radical (unpaired) electrons. The van der Waals surface area contributed by atoms with Gasteiger partial charge in [0.2, 0.25) is 0 Å². The first-order valence-corrected chi connectivity index (χ1v) is 9.62. The Kier molecular flexibility index (Phi) is 5.18. The van der Waals surface area contributed by atoms with Crippen LogP contribution in [0, 0.1) is 0 Å². The van der Waals surface area contributed by atoms with Gasteiger partial charge >= 0.3 is 0 Å². The molecule has 4 rings (SSSR count). The molecule has 0 unspecified atom stereocenters. The number of ether oxygens (including phenoxy) is 3. The zero-order valence-electron chi connectivity index (χ0n) is 16.6. The molecule has 1 fully saturated rings. The predicted octanol–water partition coefficient (Wildman–Crippen LogP) is 2.13. The van der Waals surface area contributed by atoms with Gasteiger partial charge in [-0.3, -0.25) is 0 Å². The molecule has 4 heterocycles. The third-order valence-electron chi connectivity index (χ3n) is 5.49. The molecular formula is C20H27N5O3. The summed E-state index contributed by atoms with van der Waals surface area (Å²) in [5.41, 5.74) is 8.06. The summed E-state index contributed by atoms with van der Waals surface area (Å²) in [4.78, 5) is 16.3. The fraction of sp³-hybridized carbons (Fsp3) is 0.550. The Morgan fingerprint density at radius 2 is 2.21 bits per heavy atom. The summed E-state index contributed by atoms with van der Waals surface area (Å²) in [5, 5.41) is 0. The maximum Gasteiger partial charge on any atom is 0.163 e. The van der Waals surface area contributed by atoms with E-state index in [0.29, 0.717) is 38.1 Å². The number of nitrogens with two attached hydrogens (primary N) is 1. The quantitative estimate of drug-likeness (QED) is 0.836. The van der Waals surface area contributed by atoms with E-state index in [4.69, 9.17) is 29.9 Å². The van der Waals surface area contributed by atoms with E-state index in [-0.39, 0.29) is 6.04 Å². The van der Waals surface area contributed by atoms with Gasteiger partial charge in [-0.1, -0.05) is 0 Å². The van der Waals surface area contributed by atoms with E-state index in [1.807, 2.05) is 6.07 Å². The Morgan fingerprint density at radius 3 is 2.93 bits per heavy atom. The van der Waals surface area contributed by atoms with E-state index in [9.17, 15) is 0 Å². The molecular weight excluding hydrogens is 358 g/mol. The molecule has 28 heavy (non-hydrogen) atoms. The number of anilines is 2. The van der Waals surface area contributed by atoms with Crippen LogP contribution in [0.4, 0.5) is 11.6 Å². The number of fused-ring (bicyclic) bond motifs is 1. The van der Waals surface area contributed by atoms with Gasteiger partial charge in [0.05, 0.1) is 31.6 Å². The van der Waals surface area contributed by atoms with Gasteiger partial charge in [-0.2, -0.15) is 0 Å². The number of pyridine rings is 1. The van der Waals surface area contributed by atoms with E-state index >= 15 is 0 Å². The minimum absolute atomic E-state index is 0.232. The van der Waals surface area contributed by atoms with Crippen molar-refractivity contribution in [2.45, 2.75) is 38.5 Å². The molecule has 0 aliphatic carbocycles. The van der Waals surface area contributed by atoms with Crippen molar-refractivity contribution >= 4 is 11.6 Å². The van der Waals surface area contributed by atoms with Crippen LogP contribution >= 0.6 is 0 Å². The highest BCUT2D eigenvalue weighted by Crippen LogP contribution is 2.42. The van der Waals surface area contributed by atoms with E-state index in [1.165, 1.54) is 0 Å². The lowest BCUT2D eigenvalue weighted by Crippen LogP contribution is -2.44. The van der Waals surface area contributed by atoms with Gasteiger partial charge in [-0.05, 0) is 26.0 Å². The first-order valence-electron chi connectivity index (χ1n) is 9.62. The van der Waals surface area contributed by atoms with Gasteiger partial charge < -0.3 is 24.8 Å². The van der Waals surface area contributed by atoms with Crippen LogP contribution < -0.4 is 10.6 Å². The molecule has 2 aliphatic heterocycles. The Bertz CT molecular complexity index is 844. The lowest BCUT2D eigenvalue weighted by atomic mass is 9.96. The highest BCUT2D eigenvalue weighted by atomic mass is 16.5. The minimum Gasteiger partial charge on any atom is -0.385 e. The summed E-state index contributed by atoms with van der Waals surface area (Å²) in [6.45, 7) is 7.47. The van der Waals surface area contributed by atoms with Gasteiger partial charge in [0.15, 0.2) is 5.82 Å². The molecule has 0 bridgehead atoms. The van der Waals surface area contributed by atoms with Crippen molar-refractivity contribution < 1.29 is 14.2 Å². The maximum atomic E-state index is 6.21. The molecule has 150 valence electrons. The predicted molar refractivity (Wildman–Crippen MR) is 106 cm³/mol. The van der Waals surface area contributed by atoms with E-state index < -0.39 is 5.60 Å². The lowest BCUT2D eigenvalue weighted by Gasteiger charge is -2.35. The van der Waals surface area contributed by atoms with Crippen LogP contribution in [0.3, 0.4) is 0 Å². The number of methoxy groups -OCH3 is 1. The van der Waals surface area contributed by atoms with Crippen molar-refractivity contribution in [3.8, 4) is 11.4 Å². The smallest absolute Gasteiger partial charge is 0.163 e. The highest BCUT2D eigenvalue weighted by Gasteiger charge is 2.41. The van der Waals surface area contributed by atoms with Crippen molar-refractivity contribution in [1.82, 2.24) is 15.0 Å². The van der Waals surface area contributed by atoms with Crippen LogP contribution in [-0.2, 0) is 26.4 Å². The lowest BCUT2D eigenvalue weighted by molar-refractivity contribution is -0.0448.